The molecule has 0 saturated carbocycles. The van der Waals surface area contributed by atoms with Crippen molar-refractivity contribution in [1.29, 1.82) is 0 Å². The van der Waals surface area contributed by atoms with Crippen LogP contribution in [0.3, 0.4) is 0 Å². The summed E-state index contributed by atoms with van der Waals surface area (Å²) >= 11 is 0. The van der Waals surface area contributed by atoms with Crippen molar-refractivity contribution in [3.05, 3.63) is 53.5 Å². The van der Waals surface area contributed by atoms with E-state index in [1.165, 1.54) is 18.3 Å². The zero-order valence-corrected chi connectivity index (χ0v) is 17.7. The molecule has 1 fully saturated rings. The highest BCUT2D eigenvalue weighted by Gasteiger charge is 2.47. The molecule has 164 valence electrons. The number of aromatic hydroxyl groups is 1. The molecule has 2 N–H and O–H groups in total. The van der Waals surface area contributed by atoms with Gasteiger partial charge in [-0.05, 0) is 37.6 Å². The lowest BCUT2D eigenvalue weighted by atomic mass is 9.95. The number of hydrogen-bond acceptors (Lipinski definition) is 8. The lowest BCUT2D eigenvalue weighted by Crippen LogP contribution is -2.50. The molecule has 4 heterocycles. The lowest BCUT2D eigenvalue weighted by Gasteiger charge is -2.41. The van der Waals surface area contributed by atoms with Gasteiger partial charge in [0.1, 0.15) is 6.10 Å². The molecule has 0 amide bonds. The van der Waals surface area contributed by atoms with Crippen molar-refractivity contribution in [2.24, 2.45) is 0 Å². The van der Waals surface area contributed by atoms with E-state index in [0.29, 0.717) is 36.0 Å². The topological polar surface area (TPSA) is 100 Å². The summed E-state index contributed by atoms with van der Waals surface area (Å²) in [6, 6.07) is 7.91. The highest BCUT2D eigenvalue weighted by molar-refractivity contribution is 5.78. The van der Waals surface area contributed by atoms with E-state index < -0.39 is 11.6 Å². The van der Waals surface area contributed by atoms with E-state index in [1.54, 1.807) is 12.1 Å². The average molecular weight is 435 g/mol. The first-order valence-corrected chi connectivity index (χ1v) is 10.3. The molecule has 2 aromatic heterocycles. The number of nitrogens with one attached hydrogen (secondary N) is 1. The van der Waals surface area contributed by atoms with E-state index in [4.69, 9.17) is 4.74 Å². The van der Waals surface area contributed by atoms with Crippen LogP contribution in [0, 0.1) is 12.7 Å². The number of hydrogen-bond donors (Lipinski definition) is 2. The molecule has 8 nitrogen and oxygen atoms in total. The van der Waals surface area contributed by atoms with Crippen LogP contribution in [0.1, 0.15) is 29.3 Å². The van der Waals surface area contributed by atoms with Gasteiger partial charge in [-0.1, -0.05) is 6.07 Å². The Kier molecular flexibility index (Phi) is 4.69. The number of fused-ring (bicyclic) bond motifs is 3. The second-order valence-corrected chi connectivity index (χ2v) is 8.50. The van der Waals surface area contributed by atoms with E-state index in [0.717, 1.165) is 24.0 Å². The smallest absolute Gasteiger partial charge is 0.213 e. The van der Waals surface area contributed by atoms with Crippen molar-refractivity contribution >= 4 is 17.8 Å². The number of aromatic nitrogens is 3. The summed E-state index contributed by atoms with van der Waals surface area (Å²) in [5.74, 6) is -0.0424. The van der Waals surface area contributed by atoms with Gasteiger partial charge in [0.05, 0.1) is 23.5 Å². The van der Waals surface area contributed by atoms with Crippen molar-refractivity contribution in [3.8, 4) is 22.9 Å². The van der Waals surface area contributed by atoms with Gasteiger partial charge in [-0.15, -0.1) is 10.2 Å². The standard InChI is InChI=1S/C23H22FN5O3/c1-13-6-20(25-9-14(13)11-30)32-15-8-23(2)12-26-22-19(29(23)10-15)7-18(27-28-22)16-4-3-5-17(24)21(16)31/h3-7,9,11,15,31H,8,10,12H2,1-2H3,(H,26,28)/t15-,23-/m1/s1. The molecule has 32 heavy (non-hydrogen) atoms. The van der Waals surface area contributed by atoms with Crippen LogP contribution in [-0.4, -0.2) is 51.3 Å². The fraction of sp³-hybridized carbons (Fsp3) is 0.304. The minimum absolute atomic E-state index is 0.124. The molecule has 1 aromatic carbocycles. The first-order chi connectivity index (χ1) is 15.4. The number of para-hydroxylation sites is 1. The van der Waals surface area contributed by atoms with Gasteiger partial charge in [-0.3, -0.25) is 4.79 Å². The summed E-state index contributed by atoms with van der Waals surface area (Å²) < 4.78 is 20.0. The van der Waals surface area contributed by atoms with Gasteiger partial charge in [0.15, 0.2) is 23.7 Å². The number of aryl methyl sites for hydroxylation is 1. The van der Waals surface area contributed by atoms with Crippen LogP contribution in [0.15, 0.2) is 36.5 Å². The van der Waals surface area contributed by atoms with Crippen LogP contribution < -0.4 is 15.0 Å². The molecule has 2 aliphatic heterocycles. The number of phenols is 1. The molecule has 0 aliphatic carbocycles. The number of carbonyl (C=O) groups is 1. The van der Waals surface area contributed by atoms with Crippen molar-refractivity contribution in [2.75, 3.05) is 23.3 Å². The Morgan fingerprint density at radius 2 is 2.19 bits per heavy atom. The van der Waals surface area contributed by atoms with E-state index in [-0.39, 0.29) is 17.2 Å². The van der Waals surface area contributed by atoms with Gasteiger partial charge < -0.3 is 20.1 Å². The van der Waals surface area contributed by atoms with E-state index >= 15 is 0 Å². The van der Waals surface area contributed by atoms with Gasteiger partial charge in [0.25, 0.3) is 0 Å². The molecular weight excluding hydrogens is 413 g/mol. The molecule has 0 unspecified atom stereocenters. The van der Waals surface area contributed by atoms with Gasteiger partial charge >= 0.3 is 0 Å². The molecular formula is C23H22FN5O3. The van der Waals surface area contributed by atoms with Crippen LogP contribution >= 0.6 is 0 Å². The van der Waals surface area contributed by atoms with Gasteiger partial charge in [0, 0.05) is 36.4 Å². The van der Waals surface area contributed by atoms with Crippen LogP contribution in [0.25, 0.3) is 11.3 Å². The fourth-order valence-electron chi connectivity index (χ4n) is 4.47. The van der Waals surface area contributed by atoms with Crippen molar-refractivity contribution < 1.29 is 19.0 Å². The molecule has 2 atom stereocenters. The molecule has 0 bridgehead atoms. The highest BCUT2D eigenvalue weighted by Crippen LogP contribution is 2.43. The van der Waals surface area contributed by atoms with Crippen molar-refractivity contribution in [1.82, 2.24) is 15.2 Å². The SMILES string of the molecule is Cc1cc(O[C@H]2CN3c4cc(-c5cccc(F)c5O)nnc4NC[C@@]3(C)C2)ncc1C=O. The zero-order chi connectivity index (χ0) is 22.5. The Hall–Kier alpha value is -3.75. The Morgan fingerprint density at radius 3 is 2.97 bits per heavy atom. The van der Waals surface area contributed by atoms with Crippen molar-refractivity contribution in [3.63, 3.8) is 0 Å². The Morgan fingerprint density at radius 1 is 1.34 bits per heavy atom. The van der Waals surface area contributed by atoms with E-state index in [9.17, 15) is 14.3 Å². The molecule has 5 rings (SSSR count). The molecule has 1 saturated heterocycles. The summed E-state index contributed by atoms with van der Waals surface area (Å²) in [7, 11) is 0. The monoisotopic (exact) mass is 435 g/mol. The van der Waals surface area contributed by atoms with E-state index in [1.807, 2.05) is 13.0 Å². The number of phenolic OH excluding ortho intramolecular Hbond substituents is 1. The number of aldehydes is 1. The summed E-state index contributed by atoms with van der Waals surface area (Å²) in [6.45, 7) is 5.25. The second-order valence-electron chi connectivity index (χ2n) is 8.50. The number of nitrogens with zero attached hydrogens (tertiary/aromatic N) is 4. The maximum Gasteiger partial charge on any atom is 0.213 e. The normalized spacial score (nSPS) is 21.5. The highest BCUT2D eigenvalue weighted by atomic mass is 19.1. The molecule has 0 radical (unpaired) electrons. The van der Waals surface area contributed by atoms with Gasteiger partial charge in [-0.2, -0.15) is 0 Å². The van der Waals surface area contributed by atoms with Gasteiger partial charge in [-0.25, -0.2) is 9.37 Å². The van der Waals surface area contributed by atoms with Crippen LogP contribution in [-0.2, 0) is 0 Å². The fourth-order valence-corrected chi connectivity index (χ4v) is 4.47. The third-order valence-electron chi connectivity index (χ3n) is 6.21. The lowest BCUT2D eigenvalue weighted by molar-refractivity contribution is 0.112. The number of ether oxygens (including phenoxy) is 1. The number of carbonyl (C=O) groups excluding carboxylic acids is 1. The first kappa shape index (κ1) is 20.2. The predicted molar refractivity (Wildman–Crippen MR) is 117 cm³/mol. The first-order valence-electron chi connectivity index (χ1n) is 10.3. The van der Waals surface area contributed by atoms with Crippen LogP contribution in [0.2, 0.25) is 0 Å². The Labute approximate surface area is 184 Å². The van der Waals surface area contributed by atoms with Crippen LogP contribution in [0.5, 0.6) is 11.6 Å². The number of halogens is 1. The Bertz CT molecular complexity index is 1220. The maximum absolute atomic E-state index is 13.9. The number of anilines is 2. The third-order valence-corrected chi connectivity index (χ3v) is 6.21. The van der Waals surface area contributed by atoms with E-state index in [2.05, 4.69) is 32.3 Å². The van der Waals surface area contributed by atoms with Gasteiger partial charge in [0.2, 0.25) is 5.88 Å². The quantitative estimate of drug-likeness (QED) is 0.602. The molecule has 0 spiro atoms. The maximum atomic E-state index is 13.9. The molecule has 3 aromatic rings. The average Bonchev–Trinajstić information content (AvgIpc) is 3.12. The summed E-state index contributed by atoms with van der Waals surface area (Å²) in [5.41, 5.74) is 2.61. The second kappa shape index (κ2) is 7.44. The summed E-state index contributed by atoms with van der Waals surface area (Å²) in [4.78, 5) is 17.5. The largest absolute Gasteiger partial charge is 0.504 e. The summed E-state index contributed by atoms with van der Waals surface area (Å²) in [5, 5.41) is 21.9. The van der Waals surface area contributed by atoms with Crippen LogP contribution in [0.4, 0.5) is 15.9 Å². The minimum atomic E-state index is -0.706. The Balaban J connectivity index is 1.44. The molecule has 2 aliphatic rings. The predicted octanol–water partition coefficient (Wildman–Crippen LogP) is 3.35. The molecule has 9 heteroatoms. The minimum Gasteiger partial charge on any atom is -0.504 e. The number of rotatable bonds is 4. The zero-order valence-electron chi connectivity index (χ0n) is 17.7. The number of pyridine rings is 1. The summed E-state index contributed by atoms with van der Waals surface area (Å²) in [6.07, 6.45) is 2.92. The number of benzene rings is 1. The van der Waals surface area contributed by atoms with Crippen molar-refractivity contribution in [2.45, 2.75) is 31.9 Å². The third kappa shape index (κ3) is 3.30.